The number of hydrogen-bond acceptors (Lipinski definition) is 6. The van der Waals surface area contributed by atoms with E-state index in [1.54, 1.807) is 19.2 Å². The Bertz CT molecular complexity index is 478. The quantitative estimate of drug-likeness (QED) is 0.563. The summed E-state index contributed by atoms with van der Waals surface area (Å²) in [5.41, 5.74) is 6.88. The molecule has 1 aromatic carbocycles. The molecule has 0 saturated carbocycles. The number of nitrogen functional groups attached to an aromatic ring is 1. The number of amides is 1. The summed E-state index contributed by atoms with van der Waals surface area (Å²) in [6, 6.07) is 3.28. The predicted octanol–water partition coefficient (Wildman–Crippen LogP) is 0.641. The van der Waals surface area contributed by atoms with Gasteiger partial charge in [-0.25, -0.2) is 0 Å². The van der Waals surface area contributed by atoms with E-state index in [-0.39, 0.29) is 12.5 Å². The van der Waals surface area contributed by atoms with Crippen molar-refractivity contribution in [1.29, 1.82) is 0 Å². The minimum Gasteiger partial charge on any atom is -0.489 e. The highest BCUT2D eigenvalue weighted by Crippen LogP contribution is 2.36. The molecule has 1 aromatic rings. The van der Waals surface area contributed by atoms with Crippen LogP contribution < -0.4 is 20.5 Å². The number of anilines is 2. The molecule has 0 bridgehead atoms. The number of fused-ring (bicyclic) bond motifs is 1. The lowest BCUT2D eigenvalue weighted by atomic mass is 10.2. The second-order valence-electron chi connectivity index (χ2n) is 4.18. The van der Waals surface area contributed by atoms with Gasteiger partial charge in [0.1, 0.15) is 18.1 Å². The normalized spacial score (nSPS) is 13.3. The summed E-state index contributed by atoms with van der Waals surface area (Å²) < 4.78 is 20.9. The second kappa shape index (κ2) is 6.97. The molecule has 0 unspecified atom stereocenters. The van der Waals surface area contributed by atoms with Gasteiger partial charge >= 0.3 is 0 Å². The summed E-state index contributed by atoms with van der Waals surface area (Å²) in [6.45, 7) is 1.86. The molecule has 110 valence electrons. The monoisotopic (exact) mass is 282 g/mol. The van der Waals surface area contributed by atoms with Gasteiger partial charge in [0, 0.05) is 19.2 Å². The third-order valence-electron chi connectivity index (χ3n) is 2.66. The standard InChI is InChI=1S/C13H18N2O5/c1-17-2-3-18-4-5-19-11-7-10-12(6-9(11)14)20-8-13(16)15-10/h6-7H,2-5,8,14H2,1H3,(H,15,16). The molecule has 3 N–H and O–H groups in total. The number of nitrogens with two attached hydrogens (primary N) is 1. The van der Waals surface area contributed by atoms with E-state index in [2.05, 4.69) is 5.32 Å². The summed E-state index contributed by atoms with van der Waals surface area (Å²) in [5, 5.41) is 2.70. The first kappa shape index (κ1) is 14.4. The van der Waals surface area contributed by atoms with Crippen LogP contribution in [0.5, 0.6) is 11.5 Å². The lowest BCUT2D eigenvalue weighted by molar-refractivity contribution is -0.118. The Kier molecular flexibility index (Phi) is 5.03. The van der Waals surface area contributed by atoms with Crippen LogP contribution >= 0.6 is 0 Å². The highest BCUT2D eigenvalue weighted by Gasteiger charge is 2.18. The van der Waals surface area contributed by atoms with Gasteiger partial charge in [-0.2, -0.15) is 0 Å². The minimum absolute atomic E-state index is 0.0000165. The molecule has 2 rings (SSSR count). The highest BCUT2D eigenvalue weighted by molar-refractivity contribution is 5.96. The van der Waals surface area contributed by atoms with Gasteiger partial charge < -0.3 is 30.0 Å². The van der Waals surface area contributed by atoms with Gasteiger partial charge in [-0.05, 0) is 0 Å². The number of carbonyl (C=O) groups is 1. The maximum Gasteiger partial charge on any atom is 0.262 e. The zero-order valence-corrected chi connectivity index (χ0v) is 11.3. The van der Waals surface area contributed by atoms with E-state index in [1.165, 1.54) is 0 Å². The van der Waals surface area contributed by atoms with Crippen LogP contribution in [0.3, 0.4) is 0 Å². The molecule has 0 saturated heterocycles. The average Bonchev–Trinajstić information content (AvgIpc) is 2.43. The zero-order valence-electron chi connectivity index (χ0n) is 11.3. The molecule has 7 heteroatoms. The van der Waals surface area contributed by atoms with E-state index in [1.807, 2.05) is 0 Å². The van der Waals surface area contributed by atoms with Crippen LogP contribution in [0.15, 0.2) is 12.1 Å². The van der Waals surface area contributed by atoms with E-state index < -0.39 is 0 Å². The summed E-state index contributed by atoms with van der Waals surface area (Å²) in [4.78, 5) is 11.2. The van der Waals surface area contributed by atoms with Crippen molar-refractivity contribution in [3.8, 4) is 11.5 Å². The van der Waals surface area contributed by atoms with E-state index in [9.17, 15) is 4.79 Å². The summed E-state index contributed by atoms with van der Waals surface area (Å²) in [5.74, 6) is 0.840. The summed E-state index contributed by atoms with van der Waals surface area (Å²) >= 11 is 0. The molecule has 7 nitrogen and oxygen atoms in total. The zero-order chi connectivity index (χ0) is 14.4. The lowest BCUT2D eigenvalue weighted by Gasteiger charge is -2.20. The number of benzene rings is 1. The number of nitrogens with one attached hydrogen (secondary N) is 1. The molecule has 0 aromatic heterocycles. The van der Waals surface area contributed by atoms with Crippen LogP contribution in [-0.4, -0.2) is 46.1 Å². The van der Waals surface area contributed by atoms with E-state index in [0.717, 1.165) is 0 Å². The molecule has 0 spiro atoms. The molecule has 0 radical (unpaired) electrons. The topological polar surface area (TPSA) is 92.0 Å². The fraction of sp³-hybridized carbons (Fsp3) is 0.462. The van der Waals surface area contributed by atoms with Crippen molar-refractivity contribution in [2.45, 2.75) is 0 Å². The first-order valence-electron chi connectivity index (χ1n) is 6.26. The maximum absolute atomic E-state index is 11.2. The van der Waals surface area contributed by atoms with Crippen molar-refractivity contribution in [3.63, 3.8) is 0 Å². The Balaban J connectivity index is 1.88. The fourth-order valence-electron chi connectivity index (χ4n) is 1.70. The minimum atomic E-state index is -0.198. The van der Waals surface area contributed by atoms with Crippen LogP contribution in [0.2, 0.25) is 0 Å². The van der Waals surface area contributed by atoms with Gasteiger partial charge in [0.05, 0.1) is 31.2 Å². The fourth-order valence-corrected chi connectivity index (χ4v) is 1.70. The van der Waals surface area contributed by atoms with E-state index >= 15 is 0 Å². The maximum atomic E-state index is 11.2. The molecule has 0 fully saturated rings. The van der Waals surface area contributed by atoms with Crippen molar-refractivity contribution in [3.05, 3.63) is 12.1 Å². The summed E-state index contributed by atoms with van der Waals surface area (Å²) in [7, 11) is 1.62. The first-order valence-corrected chi connectivity index (χ1v) is 6.26. The molecular weight excluding hydrogens is 264 g/mol. The predicted molar refractivity (Wildman–Crippen MR) is 73.2 cm³/mol. The Labute approximate surface area is 116 Å². The van der Waals surface area contributed by atoms with Crippen molar-refractivity contribution in [2.75, 3.05) is 51.2 Å². The third kappa shape index (κ3) is 3.75. The van der Waals surface area contributed by atoms with Crippen LogP contribution in [0.1, 0.15) is 0 Å². The summed E-state index contributed by atoms with van der Waals surface area (Å²) in [6.07, 6.45) is 0. The third-order valence-corrected chi connectivity index (χ3v) is 2.66. The SMILES string of the molecule is COCCOCCOc1cc2c(cc1N)OCC(=O)N2. The van der Waals surface area contributed by atoms with Crippen molar-refractivity contribution in [1.82, 2.24) is 0 Å². The van der Waals surface area contributed by atoms with Gasteiger partial charge in [0.25, 0.3) is 5.91 Å². The molecule has 0 aliphatic carbocycles. The number of ether oxygens (including phenoxy) is 4. The van der Waals surface area contributed by atoms with Crippen LogP contribution in [0.25, 0.3) is 0 Å². The number of methoxy groups -OCH3 is 1. The smallest absolute Gasteiger partial charge is 0.262 e. The van der Waals surface area contributed by atoms with Gasteiger partial charge in [-0.15, -0.1) is 0 Å². The second-order valence-corrected chi connectivity index (χ2v) is 4.18. The van der Waals surface area contributed by atoms with E-state index in [4.69, 9.17) is 24.7 Å². The lowest BCUT2D eigenvalue weighted by Crippen LogP contribution is -2.25. The highest BCUT2D eigenvalue weighted by atomic mass is 16.5. The van der Waals surface area contributed by atoms with Gasteiger partial charge in [0.15, 0.2) is 6.61 Å². The number of rotatable bonds is 7. The van der Waals surface area contributed by atoms with Gasteiger partial charge in [-0.3, -0.25) is 4.79 Å². The van der Waals surface area contributed by atoms with Gasteiger partial charge in [-0.1, -0.05) is 0 Å². The van der Waals surface area contributed by atoms with Crippen molar-refractivity contribution < 1.29 is 23.7 Å². The molecular formula is C13H18N2O5. The molecule has 20 heavy (non-hydrogen) atoms. The van der Waals surface area contributed by atoms with Crippen molar-refractivity contribution >= 4 is 17.3 Å². The van der Waals surface area contributed by atoms with Gasteiger partial charge in [0.2, 0.25) is 0 Å². The molecule has 1 heterocycles. The molecule has 1 amide bonds. The molecule has 1 aliphatic heterocycles. The Morgan fingerprint density at radius 3 is 2.90 bits per heavy atom. The average molecular weight is 282 g/mol. The van der Waals surface area contributed by atoms with Crippen LogP contribution in [0, 0.1) is 0 Å². The number of hydrogen-bond donors (Lipinski definition) is 2. The molecule has 0 atom stereocenters. The molecule has 1 aliphatic rings. The van der Waals surface area contributed by atoms with E-state index in [0.29, 0.717) is 49.3 Å². The Morgan fingerprint density at radius 2 is 2.10 bits per heavy atom. The first-order chi connectivity index (χ1) is 9.70. The number of carbonyl (C=O) groups excluding carboxylic acids is 1. The largest absolute Gasteiger partial charge is 0.489 e. The van der Waals surface area contributed by atoms with Crippen molar-refractivity contribution in [2.24, 2.45) is 0 Å². The Hall–Kier alpha value is -1.99. The van der Waals surface area contributed by atoms with Crippen LogP contribution in [-0.2, 0) is 14.3 Å². The van der Waals surface area contributed by atoms with Crippen LogP contribution in [0.4, 0.5) is 11.4 Å². The Morgan fingerprint density at radius 1 is 1.30 bits per heavy atom.